The molecule has 1 fully saturated rings. The first-order valence-corrected chi connectivity index (χ1v) is 17.3. The van der Waals surface area contributed by atoms with E-state index in [1.807, 2.05) is 10.8 Å². The number of nitrogen functional groups attached to an aromatic ring is 1. The number of ether oxygens (including phenoxy) is 1. The maximum atomic E-state index is 13.2. The van der Waals surface area contributed by atoms with Crippen molar-refractivity contribution >= 4 is 56.3 Å². The molecule has 0 radical (unpaired) electrons. The summed E-state index contributed by atoms with van der Waals surface area (Å²) in [7, 11) is -3.24. The lowest BCUT2D eigenvalue weighted by Crippen LogP contribution is -2.76. The first-order valence-electron chi connectivity index (χ1n) is 15.1. The van der Waals surface area contributed by atoms with Gasteiger partial charge in [0.25, 0.3) is 17.9 Å². The van der Waals surface area contributed by atoms with Gasteiger partial charge in [0.05, 0.1) is 17.8 Å². The number of halogens is 3. The van der Waals surface area contributed by atoms with Crippen LogP contribution in [0.25, 0.3) is 11.3 Å². The number of aromatic nitrogens is 3. The molecule has 2 amide bonds. The number of hydrogen-bond donors (Lipinski definition) is 6. The minimum absolute atomic E-state index is 0.0530. The fraction of sp³-hybridized carbons (Fsp3) is 0.393. The quantitative estimate of drug-likeness (QED) is 0.0420. The molecule has 1 aliphatic heterocycles. The number of amides is 2. The maximum Gasteiger partial charge on any atom is 0.430 e. The molecule has 1 aromatic carbocycles. The molecule has 0 saturated carbocycles. The van der Waals surface area contributed by atoms with E-state index in [2.05, 4.69) is 25.5 Å². The summed E-state index contributed by atoms with van der Waals surface area (Å²) < 4.78 is 76.1. The third-order valence-electron chi connectivity index (χ3n) is 7.31. The van der Waals surface area contributed by atoms with Crippen molar-refractivity contribution in [3.63, 3.8) is 0 Å². The molecule has 3 heterocycles. The number of rotatable bonds is 15. The number of anilines is 1. The van der Waals surface area contributed by atoms with E-state index < -0.39 is 70.3 Å². The number of carboxylic acids is 2. The number of hydrogen-bond acceptors (Lipinski definition) is 15. The number of aryl methyl sites for hydroxylation is 1. The zero-order valence-corrected chi connectivity index (χ0v) is 30.0. The molecule has 2 aromatic heterocycles. The van der Waals surface area contributed by atoms with Gasteiger partial charge in [-0.1, -0.05) is 5.16 Å². The Morgan fingerprint density at radius 1 is 1.26 bits per heavy atom. The normalized spacial score (nSPS) is 16.1. The van der Waals surface area contributed by atoms with Crippen LogP contribution in [0.15, 0.2) is 41.0 Å². The molecule has 9 N–H and O–H groups in total. The Morgan fingerprint density at radius 3 is 2.35 bits per heavy atom. The van der Waals surface area contributed by atoms with Crippen LogP contribution in [0.1, 0.15) is 26.0 Å². The van der Waals surface area contributed by atoms with Gasteiger partial charge in [-0.2, -0.15) is 26.7 Å². The summed E-state index contributed by atoms with van der Waals surface area (Å²) in [4.78, 5) is 55.6. The number of hydroxylamine groups is 2. The van der Waals surface area contributed by atoms with Gasteiger partial charge in [0, 0.05) is 31.6 Å². The first-order chi connectivity index (χ1) is 25.0. The summed E-state index contributed by atoms with van der Waals surface area (Å²) in [5, 5.41) is 34.7. The van der Waals surface area contributed by atoms with Crippen molar-refractivity contribution in [3.8, 4) is 17.0 Å². The van der Waals surface area contributed by atoms with Crippen LogP contribution in [0.2, 0.25) is 0 Å². The van der Waals surface area contributed by atoms with Crippen molar-refractivity contribution in [2.75, 3.05) is 18.9 Å². The van der Waals surface area contributed by atoms with Crippen molar-refractivity contribution in [1.29, 1.82) is 5.41 Å². The van der Waals surface area contributed by atoms with Gasteiger partial charge < -0.3 is 50.5 Å². The molecule has 2 atom stereocenters. The van der Waals surface area contributed by atoms with E-state index in [0.29, 0.717) is 23.0 Å². The third-order valence-corrected chi connectivity index (χ3v) is 8.32. The Kier molecular flexibility index (Phi) is 13.5. The van der Waals surface area contributed by atoms with Gasteiger partial charge in [0.2, 0.25) is 5.62 Å². The Morgan fingerprint density at radius 2 is 1.87 bits per heavy atom. The topological polar surface area (TPSA) is 322 Å². The van der Waals surface area contributed by atoms with Crippen molar-refractivity contribution in [2.45, 2.75) is 50.7 Å². The van der Waals surface area contributed by atoms with Crippen LogP contribution in [0, 0.1) is 5.41 Å². The molecule has 1 saturated heterocycles. The van der Waals surface area contributed by atoms with Crippen LogP contribution in [-0.4, -0.2) is 104 Å². The highest BCUT2D eigenvalue weighted by Gasteiger charge is 2.58. The summed E-state index contributed by atoms with van der Waals surface area (Å²) >= 11 is 0.953. The van der Waals surface area contributed by atoms with Crippen LogP contribution < -0.4 is 32.2 Å². The number of nitrogens with zero attached hydrogens (tertiary/aromatic N) is 5. The second kappa shape index (κ2) is 17.1. The molecule has 1 aliphatic rings. The SMILES string of the molecule is Cn1c(-c2ccc(OC[C@H](O/N=C(\C(=O)N[C@@H]3C(=O)N(OS(=O)(=O)O)C3(C)C)c3csc(N)n3)C(=O)O)cc2)cn(CCC[NH3+])c1=N.O=C([O-])C(F)(F)F. The molecular formula is C28H34F3N9O12S2. The minimum Gasteiger partial charge on any atom is -0.542 e. The van der Waals surface area contributed by atoms with Crippen LogP contribution >= 0.6 is 11.3 Å². The lowest BCUT2D eigenvalue weighted by Gasteiger charge is -2.50. The average molecular weight is 810 g/mol. The number of carbonyl (C=O) groups is 4. The third kappa shape index (κ3) is 10.7. The second-order valence-corrected chi connectivity index (χ2v) is 13.5. The minimum atomic E-state index is -5.19. The number of thiazole rings is 1. The highest BCUT2D eigenvalue weighted by Crippen LogP contribution is 2.33. The smallest absolute Gasteiger partial charge is 0.430 e. The largest absolute Gasteiger partial charge is 0.542 e. The fourth-order valence-corrected chi connectivity index (χ4v) is 5.50. The number of aliphatic carboxylic acids is 2. The van der Waals surface area contributed by atoms with Gasteiger partial charge in [0.1, 0.15) is 30.1 Å². The lowest BCUT2D eigenvalue weighted by atomic mass is 9.84. The van der Waals surface area contributed by atoms with Gasteiger partial charge >= 0.3 is 22.5 Å². The summed E-state index contributed by atoms with van der Waals surface area (Å²) in [6.07, 6.45) is -4.19. The van der Waals surface area contributed by atoms with E-state index in [0.717, 1.165) is 35.6 Å². The average Bonchev–Trinajstić information content (AvgIpc) is 3.63. The number of imidazole rings is 1. The standard InChI is InChI=1S/C26H33N9O10S2.C2HF3O2/c1-26(2)20(22(37)35(26)45-47(40,41)42)31-21(36)19(16-13-46-24(28)30-16)32-44-18(23(38)39)12-43-15-7-5-14(6-8-15)17-11-34(10-4-9-27)25(29)33(17)3;3-2(4,5)1(6)7/h5-8,11,13,18,20,29H,4,9-10,12,27H2,1-3H3,(H2,28,30)(H,31,36)(H,38,39)(H,40,41,42);(H,6,7)/b29-25?,32-19-;/t18-,20+;/m0./s1. The summed E-state index contributed by atoms with van der Waals surface area (Å²) in [5.74, 6) is -6.19. The zero-order chi connectivity index (χ0) is 40.8. The summed E-state index contributed by atoms with van der Waals surface area (Å²) in [6, 6.07) is 5.42. The number of benzene rings is 1. The number of carboxylic acid groups (broad SMARTS) is 2. The van der Waals surface area contributed by atoms with E-state index >= 15 is 0 Å². The van der Waals surface area contributed by atoms with Gasteiger partial charge in [-0.05, 0) is 43.7 Å². The van der Waals surface area contributed by atoms with E-state index in [1.54, 1.807) is 35.9 Å². The number of β-lactam (4-membered cyclic amide) rings is 1. The molecule has 0 spiro atoms. The van der Waals surface area contributed by atoms with Gasteiger partial charge in [-0.15, -0.1) is 15.6 Å². The van der Waals surface area contributed by atoms with E-state index in [-0.39, 0.29) is 10.8 Å². The molecule has 4 rings (SSSR count). The van der Waals surface area contributed by atoms with Crippen LogP contribution in [0.3, 0.4) is 0 Å². The molecule has 26 heteroatoms. The summed E-state index contributed by atoms with van der Waals surface area (Å²) in [6.45, 7) is 3.61. The highest BCUT2D eigenvalue weighted by molar-refractivity contribution is 7.80. The monoisotopic (exact) mass is 809 g/mol. The molecule has 0 aliphatic carbocycles. The number of nitrogens with one attached hydrogen (secondary N) is 2. The van der Waals surface area contributed by atoms with Crippen molar-refractivity contribution in [2.24, 2.45) is 12.2 Å². The molecule has 0 unspecified atom stereocenters. The van der Waals surface area contributed by atoms with E-state index in [1.165, 1.54) is 19.2 Å². The predicted octanol–water partition coefficient (Wildman–Crippen LogP) is -1.96. The second-order valence-electron chi connectivity index (χ2n) is 11.6. The Hall–Kier alpha value is -5.57. The number of carbonyl (C=O) groups excluding carboxylic acids is 3. The number of oxime groups is 1. The lowest BCUT2D eigenvalue weighted by molar-refractivity contribution is -0.368. The van der Waals surface area contributed by atoms with Crippen LogP contribution in [0.4, 0.5) is 18.3 Å². The molecule has 3 aromatic rings. The van der Waals surface area contributed by atoms with Crippen molar-refractivity contribution in [3.05, 3.63) is 47.2 Å². The molecule has 54 heavy (non-hydrogen) atoms. The van der Waals surface area contributed by atoms with Crippen LogP contribution in [-0.2, 0) is 52.3 Å². The van der Waals surface area contributed by atoms with Gasteiger partial charge in [-0.3, -0.25) is 19.6 Å². The fourth-order valence-electron chi connectivity index (χ4n) is 4.50. The van der Waals surface area contributed by atoms with Crippen molar-refractivity contribution in [1.82, 2.24) is 24.5 Å². The van der Waals surface area contributed by atoms with Crippen LogP contribution in [0.5, 0.6) is 5.75 Å². The Bertz CT molecular complexity index is 2060. The predicted molar refractivity (Wildman–Crippen MR) is 175 cm³/mol. The number of alkyl halides is 3. The molecule has 21 nitrogen and oxygen atoms in total. The summed E-state index contributed by atoms with van der Waals surface area (Å²) in [5.41, 5.74) is 9.40. The highest BCUT2D eigenvalue weighted by atomic mass is 32.3. The Labute approximate surface area is 306 Å². The maximum absolute atomic E-state index is 13.2. The van der Waals surface area contributed by atoms with E-state index in [9.17, 15) is 41.1 Å². The first kappa shape index (κ1) is 42.8. The van der Waals surface area contributed by atoms with Gasteiger partial charge in [0.15, 0.2) is 10.8 Å². The zero-order valence-electron chi connectivity index (χ0n) is 28.4. The molecule has 296 valence electrons. The van der Waals surface area contributed by atoms with Gasteiger partial charge in [-0.25, -0.2) is 9.78 Å². The molecular weight excluding hydrogens is 775 g/mol. The number of nitrogens with two attached hydrogens (primary N) is 1. The Balaban J connectivity index is 0.00000102. The molecule has 0 bridgehead atoms. The van der Waals surface area contributed by atoms with Crippen molar-refractivity contribution < 1.29 is 75.1 Å². The number of quaternary nitrogens is 1. The van der Waals surface area contributed by atoms with E-state index in [4.69, 9.17) is 35.2 Å².